The third-order valence-electron chi connectivity index (χ3n) is 11.0. The van der Waals surface area contributed by atoms with Crippen molar-refractivity contribution in [1.82, 2.24) is 13.7 Å². The van der Waals surface area contributed by atoms with Crippen LogP contribution in [0.5, 0.6) is 0 Å². The highest BCUT2D eigenvalue weighted by Crippen LogP contribution is 2.43. The quantitative estimate of drug-likeness (QED) is 0.185. The fourth-order valence-electron chi connectivity index (χ4n) is 8.89. The molecule has 0 unspecified atom stereocenters. The Kier molecular flexibility index (Phi) is 5.47. The Bertz CT molecular complexity index is 3300. The molecule has 0 saturated carbocycles. The van der Waals surface area contributed by atoms with Crippen LogP contribution < -0.4 is 0 Å². The zero-order valence-electron chi connectivity index (χ0n) is 28.0. The van der Waals surface area contributed by atoms with Gasteiger partial charge in [0.1, 0.15) is 11.2 Å². The predicted octanol–water partition coefficient (Wildman–Crippen LogP) is 12.9. The molecule has 242 valence electrons. The second-order valence-electron chi connectivity index (χ2n) is 13.7. The van der Waals surface area contributed by atoms with Gasteiger partial charge in [-0.25, -0.2) is 0 Å². The maximum Gasteiger partial charge on any atom is 0.136 e. The first-order chi connectivity index (χ1) is 25.8. The summed E-state index contributed by atoms with van der Waals surface area (Å²) in [6.07, 6.45) is 0. The minimum atomic E-state index is 0.881. The average molecular weight is 664 g/mol. The summed E-state index contributed by atoms with van der Waals surface area (Å²) in [5.74, 6) is 0. The fourth-order valence-corrected chi connectivity index (χ4v) is 8.89. The lowest BCUT2D eigenvalue weighted by Gasteiger charge is -2.10. The van der Waals surface area contributed by atoms with Crippen molar-refractivity contribution in [3.63, 3.8) is 0 Å². The van der Waals surface area contributed by atoms with E-state index in [1.165, 1.54) is 54.4 Å². The third-order valence-corrected chi connectivity index (χ3v) is 11.0. The van der Waals surface area contributed by atoms with Crippen molar-refractivity contribution < 1.29 is 4.42 Å². The lowest BCUT2D eigenvalue weighted by atomic mass is 10.0. The molecule has 52 heavy (non-hydrogen) atoms. The standard InChI is InChI=1S/C48H29N3O/c1-2-12-30(13-3-1)49-43-24-22-31(50-39-18-8-4-14-33(39)34-15-5-9-19-40(34)50)28-37(43)47-44(49)25-27-46-48(47)38-29-32(23-26-45(38)52-46)51-41-20-10-6-16-35(41)36-17-7-11-21-42(36)51/h1-29H. The van der Waals surface area contributed by atoms with E-state index in [-0.39, 0.29) is 0 Å². The van der Waals surface area contributed by atoms with Crippen LogP contribution >= 0.6 is 0 Å². The van der Waals surface area contributed by atoms with Gasteiger partial charge < -0.3 is 18.1 Å². The van der Waals surface area contributed by atoms with Crippen molar-refractivity contribution in [2.45, 2.75) is 0 Å². The van der Waals surface area contributed by atoms with Gasteiger partial charge in [0.25, 0.3) is 0 Å². The molecule has 4 nitrogen and oxygen atoms in total. The largest absolute Gasteiger partial charge is 0.456 e. The van der Waals surface area contributed by atoms with Crippen LogP contribution in [-0.2, 0) is 0 Å². The zero-order valence-corrected chi connectivity index (χ0v) is 28.0. The topological polar surface area (TPSA) is 27.9 Å². The number of aromatic nitrogens is 3. The Morgan fingerprint density at radius 1 is 0.269 bits per heavy atom. The van der Waals surface area contributed by atoms with Crippen LogP contribution in [0.1, 0.15) is 0 Å². The Morgan fingerprint density at radius 2 is 0.692 bits per heavy atom. The molecule has 0 spiro atoms. The highest BCUT2D eigenvalue weighted by Gasteiger charge is 2.21. The molecule has 4 aromatic heterocycles. The number of nitrogens with zero attached hydrogens (tertiary/aromatic N) is 3. The van der Waals surface area contributed by atoms with Gasteiger partial charge in [-0.3, -0.25) is 0 Å². The normalized spacial score (nSPS) is 12.2. The summed E-state index contributed by atoms with van der Waals surface area (Å²) in [5, 5.41) is 9.63. The smallest absolute Gasteiger partial charge is 0.136 e. The van der Waals surface area contributed by atoms with E-state index in [4.69, 9.17) is 4.42 Å². The van der Waals surface area contributed by atoms with Gasteiger partial charge in [0.15, 0.2) is 0 Å². The molecule has 4 heterocycles. The molecule has 4 heteroatoms. The van der Waals surface area contributed by atoms with Crippen LogP contribution in [0, 0.1) is 0 Å². The number of para-hydroxylation sites is 5. The van der Waals surface area contributed by atoms with Crippen LogP contribution in [0.25, 0.3) is 104 Å². The van der Waals surface area contributed by atoms with Crippen molar-refractivity contribution in [2.24, 2.45) is 0 Å². The molecule has 0 fully saturated rings. The van der Waals surface area contributed by atoms with Gasteiger partial charge in [-0.15, -0.1) is 0 Å². The maximum absolute atomic E-state index is 6.67. The van der Waals surface area contributed by atoms with E-state index >= 15 is 0 Å². The number of rotatable bonds is 3. The van der Waals surface area contributed by atoms with Crippen molar-refractivity contribution >= 4 is 87.4 Å². The Labute approximate surface area is 297 Å². The van der Waals surface area contributed by atoms with E-state index < -0.39 is 0 Å². The minimum Gasteiger partial charge on any atom is -0.456 e. The zero-order chi connectivity index (χ0) is 33.9. The Morgan fingerprint density at radius 3 is 1.27 bits per heavy atom. The van der Waals surface area contributed by atoms with Gasteiger partial charge in [-0.2, -0.15) is 0 Å². The van der Waals surface area contributed by atoms with E-state index in [1.54, 1.807) is 0 Å². The summed E-state index contributed by atoms with van der Waals surface area (Å²) >= 11 is 0. The molecular formula is C48H29N3O. The Balaban J connectivity index is 1.21. The van der Waals surface area contributed by atoms with Crippen LogP contribution in [0.4, 0.5) is 0 Å². The lowest BCUT2D eigenvalue weighted by molar-refractivity contribution is 0.669. The van der Waals surface area contributed by atoms with E-state index in [2.05, 4.69) is 190 Å². The van der Waals surface area contributed by atoms with Gasteiger partial charge >= 0.3 is 0 Å². The second-order valence-corrected chi connectivity index (χ2v) is 13.7. The van der Waals surface area contributed by atoms with Crippen LogP contribution in [0.3, 0.4) is 0 Å². The number of furan rings is 1. The van der Waals surface area contributed by atoms with Gasteiger partial charge in [-0.1, -0.05) is 91.0 Å². The number of hydrogen-bond acceptors (Lipinski definition) is 1. The van der Waals surface area contributed by atoms with Gasteiger partial charge in [0.05, 0.1) is 33.1 Å². The maximum atomic E-state index is 6.67. The van der Waals surface area contributed by atoms with E-state index in [1.807, 2.05) is 0 Å². The summed E-state index contributed by atoms with van der Waals surface area (Å²) < 4.78 is 13.9. The van der Waals surface area contributed by atoms with E-state index in [9.17, 15) is 0 Å². The molecule has 0 radical (unpaired) electrons. The van der Waals surface area contributed by atoms with E-state index in [0.717, 1.165) is 50.0 Å². The molecule has 12 rings (SSSR count). The van der Waals surface area contributed by atoms with Crippen molar-refractivity contribution in [1.29, 1.82) is 0 Å². The first-order valence-electron chi connectivity index (χ1n) is 17.8. The lowest BCUT2D eigenvalue weighted by Crippen LogP contribution is -1.95. The average Bonchev–Trinajstić information content (AvgIpc) is 3.94. The third kappa shape index (κ3) is 3.65. The molecule has 12 aromatic rings. The molecule has 0 bridgehead atoms. The molecular weight excluding hydrogens is 635 g/mol. The van der Waals surface area contributed by atoms with Gasteiger partial charge in [0, 0.05) is 60.2 Å². The van der Waals surface area contributed by atoms with Gasteiger partial charge in [-0.05, 0) is 84.9 Å². The predicted molar refractivity (Wildman–Crippen MR) is 217 cm³/mol. The monoisotopic (exact) mass is 663 g/mol. The molecule has 8 aromatic carbocycles. The molecule has 0 amide bonds. The minimum absolute atomic E-state index is 0.881. The van der Waals surface area contributed by atoms with Crippen molar-refractivity contribution in [3.05, 3.63) is 176 Å². The molecule has 0 saturated heterocycles. The summed E-state index contributed by atoms with van der Waals surface area (Å²) in [6, 6.07) is 63.4. The molecule has 0 aliphatic heterocycles. The molecule has 0 N–H and O–H groups in total. The molecule has 0 aliphatic carbocycles. The highest BCUT2D eigenvalue weighted by atomic mass is 16.3. The van der Waals surface area contributed by atoms with Crippen molar-refractivity contribution in [2.75, 3.05) is 0 Å². The SMILES string of the molecule is c1ccc(-n2c3ccc(-n4c5ccccc5c5ccccc54)cc3c3c4c(ccc32)oc2ccc(-n3c5ccccc5c5ccccc53)cc24)cc1. The number of hydrogen-bond donors (Lipinski definition) is 0. The van der Waals surface area contributed by atoms with Crippen LogP contribution in [0.15, 0.2) is 180 Å². The Hall–Kier alpha value is -7.04. The summed E-state index contributed by atoms with van der Waals surface area (Å²) in [6.45, 7) is 0. The van der Waals surface area contributed by atoms with Crippen LogP contribution in [0.2, 0.25) is 0 Å². The molecule has 0 atom stereocenters. The summed E-state index contributed by atoms with van der Waals surface area (Å²) in [7, 11) is 0. The fraction of sp³-hybridized carbons (Fsp3) is 0. The second kappa shape index (κ2) is 10.3. The molecule has 0 aliphatic rings. The van der Waals surface area contributed by atoms with E-state index in [0.29, 0.717) is 0 Å². The van der Waals surface area contributed by atoms with Crippen molar-refractivity contribution in [3.8, 4) is 17.1 Å². The number of benzene rings is 8. The number of fused-ring (bicyclic) bond motifs is 13. The van der Waals surface area contributed by atoms with Gasteiger partial charge in [0.2, 0.25) is 0 Å². The first kappa shape index (κ1) is 27.7. The first-order valence-corrected chi connectivity index (χ1v) is 17.8. The summed E-state index contributed by atoms with van der Waals surface area (Å²) in [4.78, 5) is 0. The van der Waals surface area contributed by atoms with Crippen LogP contribution in [-0.4, -0.2) is 13.7 Å². The highest BCUT2D eigenvalue weighted by molar-refractivity contribution is 6.28. The summed E-state index contributed by atoms with van der Waals surface area (Å²) in [5.41, 5.74) is 12.2.